The minimum Gasteiger partial charge on any atom is -0.199 e. The van der Waals surface area contributed by atoms with Gasteiger partial charge in [-0.25, -0.2) is 0 Å². The van der Waals surface area contributed by atoms with Crippen LogP contribution in [0.1, 0.15) is 0 Å². The molecule has 0 amide bonds. The number of nitrogens with zero attached hydrogens (tertiary/aromatic N) is 4. The topological polar surface area (TPSA) is 51.0 Å². The van der Waals surface area contributed by atoms with Crippen LogP contribution in [0.25, 0.3) is 0 Å². The molecule has 82 valence electrons. The second-order valence-corrected chi connectivity index (χ2v) is 5.39. The van der Waals surface area contributed by atoms with Gasteiger partial charge < -0.3 is 0 Å². The van der Waals surface area contributed by atoms with Crippen molar-refractivity contribution in [3.05, 3.63) is 10.6 Å². The molecule has 0 spiro atoms. The molecule has 0 aliphatic carbocycles. The number of aromatic nitrogens is 3. The first-order valence-corrected chi connectivity index (χ1v) is 5.44. The van der Waals surface area contributed by atoms with Crippen molar-refractivity contribution in [3.8, 4) is 0 Å². The zero-order chi connectivity index (χ0) is 11.6. The van der Waals surface area contributed by atoms with Crippen LogP contribution in [0.15, 0.2) is 4.99 Å². The molecule has 4 nitrogen and oxygen atoms in total. The first-order chi connectivity index (χ1) is 6.79. The van der Waals surface area contributed by atoms with Crippen LogP contribution in [0.2, 0.25) is 10.6 Å². The summed E-state index contributed by atoms with van der Waals surface area (Å²) in [6.07, 6.45) is 0. The Balaban J connectivity index is 3.08. The van der Waals surface area contributed by atoms with Crippen molar-refractivity contribution in [2.45, 2.75) is 3.79 Å². The molecule has 0 bridgehead atoms. The van der Waals surface area contributed by atoms with Gasteiger partial charge in [0.15, 0.2) is 5.17 Å². The molecule has 1 heterocycles. The van der Waals surface area contributed by atoms with E-state index in [1.807, 2.05) is 0 Å². The van der Waals surface area contributed by atoms with Gasteiger partial charge in [0, 0.05) is 0 Å². The average molecular weight is 329 g/mol. The van der Waals surface area contributed by atoms with Crippen LogP contribution in [0.4, 0.5) is 5.95 Å². The second kappa shape index (κ2) is 5.17. The Morgan fingerprint density at radius 3 is 1.87 bits per heavy atom. The highest BCUT2D eigenvalue weighted by atomic mass is 35.6. The number of hydrogen-bond donors (Lipinski definition) is 0. The van der Waals surface area contributed by atoms with E-state index in [2.05, 4.69) is 19.9 Å². The van der Waals surface area contributed by atoms with Crippen LogP contribution in [0, 0.1) is 0 Å². The molecule has 0 aliphatic rings. The summed E-state index contributed by atoms with van der Waals surface area (Å²) in [7, 11) is 0. The Labute approximate surface area is 115 Å². The quantitative estimate of drug-likeness (QED) is 0.581. The van der Waals surface area contributed by atoms with Gasteiger partial charge in [-0.3, -0.25) is 0 Å². The molecule has 0 aliphatic heterocycles. The van der Waals surface area contributed by atoms with Crippen LogP contribution in [-0.4, -0.2) is 23.9 Å². The highest BCUT2D eigenvalue weighted by molar-refractivity contribution is 6.89. The third-order valence-electron chi connectivity index (χ3n) is 1.00. The molecule has 10 heteroatoms. The lowest BCUT2D eigenvalue weighted by atomic mass is 10.8. The predicted molar refractivity (Wildman–Crippen MR) is 63.1 cm³/mol. The largest absolute Gasteiger partial charge is 0.256 e. The maximum atomic E-state index is 5.56. The van der Waals surface area contributed by atoms with Gasteiger partial charge in [-0.15, -0.1) is 0 Å². The van der Waals surface area contributed by atoms with Crippen molar-refractivity contribution in [2.75, 3.05) is 0 Å². The smallest absolute Gasteiger partial charge is 0.199 e. The molecule has 0 atom stereocenters. The maximum absolute atomic E-state index is 5.56. The fourth-order valence-electron chi connectivity index (χ4n) is 0.517. The summed E-state index contributed by atoms with van der Waals surface area (Å²) in [5, 5.41) is -0.601. The molecule has 0 N–H and O–H groups in total. The zero-order valence-electron chi connectivity index (χ0n) is 6.56. The summed E-state index contributed by atoms with van der Waals surface area (Å²) in [6.45, 7) is 0. The lowest BCUT2D eigenvalue weighted by molar-refractivity contribution is 1.04. The lowest BCUT2D eigenvalue weighted by Crippen LogP contribution is -2.12. The molecule has 0 aromatic carbocycles. The Morgan fingerprint density at radius 1 is 1.00 bits per heavy atom. The third-order valence-corrected chi connectivity index (χ3v) is 2.53. The van der Waals surface area contributed by atoms with Crippen LogP contribution in [0.3, 0.4) is 0 Å². The third kappa shape index (κ3) is 4.43. The fourth-order valence-corrected chi connectivity index (χ4v) is 1.07. The van der Waals surface area contributed by atoms with E-state index in [4.69, 9.17) is 69.6 Å². The average Bonchev–Trinajstić information content (AvgIpc) is 1.99. The molecule has 1 aromatic heterocycles. The maximum Gasteiger partial charge on any atom is 0.256 e. The predicted octanol–water partition coefficient (Wildman–Crippen LogP) is 3.82. The Kier molecular flexibility index (Phi) is 4.64. The van der Waals surface area contributed by atoms with Crippen molar-refractivity contribution < 1.29 is 0 Å². The van der Waals surface area contributed by atoms with Gasteiger partial charge in [0.1, 0.15) is 0 Å². The standard InChI is InChI=1S/C5Cl6N4/c6-1(5(9,10)11)12-4-14-2(7)13-3(8)15-4/b12-1+. The van der Waals surface area contributed by atoms with Crippen LogP contribution >= 0.6 is 69.6 Å². The molecule has 1 aromatic rings. The van der Waals surface area contributed by atoms with Gasteiger partial charge in [-0.2, -0.15) is 19.9 Å². The van der Waals surface area contributed by atoms with Crippen molar-refractivity contribution in [1.29, 1.82) is 0 Å². The number of aliphatic imine (C=N–C) groups is 1. The van der Waals surface area contributed by atoms with E-state index in [-0.39, 0.29) is 21.7 Å². The summed E-state index contributed by atoms with van der Waals surface area (Å²) < 4.78 is -1.85. The van der Waals surface area contributed by atoms with E-state index >= 15 is 0 Å². The van der Waals surface area contributed by atoms with E-state index < -0.39 is 3.79 Å². The summed E-state index contributed by atoms with van der Waals surface area (Å²) in [5.74, 6) is -0.142. The SMILES string of the molecule is Cl/C(=N/c1nc(Cl)nc(Cl)n1)C(Cl)(Cl)Cl. The van der Waals surface area contributed by atoms with Crippen molar-refractivity contribution in [3.63, 3.8) is 0 Å². The molecule has 0 fully saturated rings. The normalized spacial score (nSPS) is 13.1. The highest BCUT2D eigenvalue weighted by Crippen LogP contribution is 2.31. The second-order valence-electron chi connectivity index (χ2n) is 2.07. The first kappa shape index (κ1) is 13.5. The van der Waals surface area contributed by atoms with E-state index in [0.29, 0.717) is 0 Å². The van der Waals surface area contributed by atoms with E-state index in [1.165, 1.54) is 0 Å². The number of alkyl halides is 3. The number of halogens is 6. The van der Waals surface area contributed by atoms with Crippen molar-refractivity contribution in [1.82, 2.24) is 15.0 Å². The lowest BCUT2D eigenvalue weighted by Gasteiger charge is -2.06. The highest BCUT2D eigenvalue weighted by Gasteiger charge is 2.26. The zero-order valence-corrected chi connectivity index (χ0v) is 11.1. The van der Waals surface area contributed by atoms with Gasteiger partial charge in [0.25, 0.3) is 5.95 Å². The summed E-state index contributed by atoms with van der Waals surface area (Å²) in [6, 6.07) is 0. The van der Waals surface area contributed by atoms with E-state index in [1.54, 1.807) is 0 Å². The minimum atomic E-state index is -1.85. The molecule has 1 rings (SSSR count). The fraction of sp³-hybridized carbons (Fsp3) is 0.200. The molecule has 0 unspecified atom stereocenters. The monoisotopic (exact) mass is 326 g/mol. The molecular weight excluding hydrogens is 329 g/mol. The van der Waals surface area contributed by atoms with Gasteiger partial charge in [-0.1, -0.05) is 46.4 Å². The molecule has 0 radical (unpaired) electrons. The first-order valence-electron chi connectivity index (χ1n) is 3.17. The summed E-state index contributed by atoms with van der Waals surface area (Å²) >= 11 is 32.9. The summed E-state index contributed by atoms with van der Waals surface area (Å²) in [4.78, 5) is 14.3. The van der Waals surface area contributed by atoms with E-state index in [0.717, 1.165) is 0 Å². The van der Waals surface area contributed by atoms with Crippen LogP contribution in [0.5, 0.6) is 0 Å². The van der Waals surface area contributed by atoms with Gasteiger partial charge in [-0.05, 0) is 23.2 Å². The van der Waals surface area contributed by atoms with Gasteiger partial charge in [0.2, 0.25) is 14.4 Å². The summed E-state index contributed by atoms with van der Waals surface area (Å²) in [5.41, 5.74) is 0. The van der Waals surface area contributed by atoms with Gasteiger partial charge >= 0.3 is 0 Å². The molecule has 0 saturated carbocycles. The van der Waals surface area contributed by atoms with Crippen molar-refractivity contribution >= 4 is 80.7 Å². The Bertz CT molecular complexity index is 379. The van der Waals surface area contributed by atoms with Crippen molar-refractivity contribution in [2.24, 2.45) is 4.99 Å². The van der Waals surface area contributed by atoms with Crippen LogP contribution < -0.4 is 0 Å². The van der Waals surface area contributed by atoms with Crippen LogP contribution in [-0.2, 0) is 0 Å². The molecule has 0 saturated heterocycles. The van der Waals surface area contributed by atoms with Gasteiger partial charge in [0.05, 0.1) is 0 Å². The molecule has 15 heavy (non-hydrogen) atoms. The Morgan fingerprint density at radius 2 is 1.47 bits per heavy atom. The number of hydrogen-bond acceptors (Lipinski definition) is 4. The molecular formula is C5Cl6N4. The Hall–Kier alpha value is 0.420. The number of rotatable bonds is 1. The minimum absolute atomic E-state index is 0.137. The van der Waals surface area contributed by atoms with E-state index in [9.17, 15) is 0 Å².